The number of hydrazone groups is 1. The lowest BCUT2D eigenvalue weighted by Gasteiger charge is -2.20. The Hall–Kier alpha value is -3.62. The summed E-state index contributed by atoms with van der Waals surface area (Å²) in [7, 11) is 0. The van der Waals surface area contributed by atoms with Crippen molar-refractivity contribution in [3.05, 3.63) is 68.9 Å². The molecule has 0 radical (unpaired) electrons. The lowest BCUT2D eigenvalue weighted by atomic mass is 9.99. The minimum Gasteiger partial charge on any atom is -0.494 e. The summed E-state index contributed by atoms with van der Waals surface area (Å²) in [6.07, 6.45) is 1.63. The van der Waals surface area contributed by atoms with E-state index in [1.165, 1.54) is 18.0 Å². The first-order valence-corrected chi connectivity index (χ1v) is 9.14. The molecule has 0 saturated carbocycles. The minimum atomic E-state index is -0.762. The number of allylic oxidation sites excluding steroid dienone is 1. The van der Waals surface area contributed by atoms with Crippen LogP contribution >= 0.6 is 0 Å². The molecule has 0 aliphatic carbocycles. The molecule has 2 aromatic rings. The molecule has 9 heteroatoms. The highest BCUT2D eigenvalue weighted by Gasteiger charge is 2.34. The number of nitrogens with one attached hydrogen (secondary N) is 1. The van der Waals surface area contributed by atoms with Crippen molar-refractivity contribution in [3.8, 4) is 11.6 Å². The van der Waals surface area contributed by atoms with Crippen LogP contribution in [0.15, 0.2) is 51.6 Å². The van der Waals surface area contributed by atoms with E-state index < -0.39 is 23.2 Å². The van der Waals surface area contributed by atoms with Crippen molar-refractivity contribution in [3.63, 3.8) is 0 Å². The third-order valence-electron chi connectivity index (χ3n) is 4.58. The van der Waals surface area contributed by atoms with Crippen LogP contribution in [0.1, 0.15) is 37.4 Å². The third kappa shape index (κ3) is 3.84. The first kappa shape index (κ1) is 20.1. The van der Waals surface area contributed by atoms with Gasteiger partial charge >= 0.3 is 5.69 Å². The summed E-state index contributed by atoms with van der Waals surface area (Å²) >= 11 is 0. The number of H-pyrrole nitrogens is 1. The van der Waals surface area contributed by atoms with Gasteiger partial charge < -0.3 is 9.84 Å². The Morgan fingerprint density at radius 1 is 1.38 bits per heavy atom. The van der Waals surface area contributed by atoms with Crippen molar-refractivity contribution in [2.45, 2.75) is 32.9 Å². The van der Waals surface area contributed by atoms with Crippen molar-refractivity contribution in [2.75, 3.05) is 6.61 Å². The number of benzene rings is 1. The maximum atomic E-state index is 12.4. The van der Waals surface area contributed by atoms with E-state index in [0.717, 1.165) is 10.1 Å². The fourth-order valence-corrected chi connectivity index (χ4v) is 3.28. The number of amides is 1. The van der Waals surface area contributed by atoms with Crippen LogP contribution in [0.25, 0.3) is 0 Å². The number of nitrogens with zero attached hydrogens (tertiary/aromatic N) is 3. The number of aromatic amines is 1. The van der Waals surface area contributed by atoms with Crippen LogP contribution in [0.2, 0.25) is 0 Å². The molecule has 0 unspecified atom stereocenters. The fraction of sp³-hybridized carbons (Fsp3) is 0.300. The molecule has 0 spiro atoms. The molecular weight excluding hydrogens is 376 g/mol. The summed E-state index contributed by atoms with van der Waals surface area (Å²) in [5.74, 6) is -0.113. The van der Waals surface area contributed by atoms with Crippen LogP contribution in [-0.4, -0.2) is 37.9 Å². The zero-order valence-electron chi connectivity index (χ0n) is 16.2. The number of carbonyl (C=O) groups excluding carboxylic acids is 1. The number of rotatable bonds is 6. The molecule has 3 rings (SSSR count). The van der Waals surface area contributed by atoms with Gasteiger partial charge in [0.25, 0.3) is 5.56 Å². The average molecular weight is 398 g/mol. The smallest absolute Gasteiger partial charge is 0.331 e. The van der Waals surface area contributed by atoms with E-state index >= 15 is 0 Å². The summed E-state index contributed by atoms with van der Waals surface area (Å²) in [5.41, 5.74) is -0.622. The number of ether oxygens (including phenoxy) is 1. The number of carbonyl (C=O) groups is 1. The SMILES string of the molecule is C=CCn1c(O)c(C2=NN(C(C)=O)[C@@H](c3ccc(OCC)cc3)C2)c(=O)[nH]c1=O. The molecule has 1 atom stereocenters. The Kier molecular flexibility index (Phi) is 5.67. The fourth-order valence-electron chi connectivity index (χ4n) is 3.28. The van der Waals surface area contributed by atoms with Gasteiger partial charge in [-0.25, -0.2) is 9.80 Å². The minimum absolute atomic E-state index is 0.0144. The molecule has 0 bridgehead atoms. The second kappa shape index (κ2) is 8.17. The van der Waals surface area contributed by atoms with Crippen LogP contribution in [0.5, 0.6) is 11.6 Å². The Morgan fingerprint density at radius 3 is 2.66 bits per heavy atom. The first-order chi connectivity index (χ1) is 13.9. The summed E-state index contributed by atoms with van der Waals surface area (Å²) in [6.45, 7) is 7.35. The maximum Gasteiger partial charge on any atom is 0.331 e. The van der Waals surface area contributed by atoms with Gasteiger partial charge in [0.15, 0.2) is 0 Å². The standard InChI is InChI=1S/C20H22N4O5/c1-4-10-23-19(27)17(18(26)21-20(23)28)15-11-16(24(22-15)12(3)25)13-6-8-14(9-7-13)29-5-2/h4,6-9,16,27H,1,5,10-11H2,2-3H3,(H,21,26,28)/t16-/m1/s1. The van der Waals surface area contributed by atoms with Gasteiger partial charge in [-0.3, -0.25) is 19.1 Å². The molecule has 2 N–H and O–H groups in total. The topological polar surface area (TPSA) is 117 Å². The number of aromatic hydroxyl groups is 1. The van der Waals surface area contributed by atoms with Gasteiger partial charge in [0.05, 0.1) is 18.4 Å². The van der Waals surface area contributed by atoms with Crippen LogP contribution in [-0.2, 0) is 11.3 Å². The van der Waals surface area contributed by atoms with Gasteiger partial charge in [-0.15, -0.1) is 6.58 Å². The van der Waals surface area contributed by atoms with Gasteiger partial charge in [-0.05, 0) is 24.6 Å². The van der Waals surface area contributed by atoms with E-state index in [0.29, 0.717) is 12.4 Å². The van der Waals surface area contributed by atoms with Crippen LogP contribution in [0.3, 0.4) is 0 Å². The molecule has 1 aromatic heterocycles. The van der Waals surface area contributed by atoms with Gasteiger partial charge in [0, 0.05) is 19.9 Å². The highest BCUT2D eigenvalue weighted by Crippen LogP contribution is 2.34. The Morgan fingerprint density at radius 2 is 2.07 bits per heavy atom. The highest BCUT2D eigenvalue weighted by atomic mass is 16.5. The van der Waals surface area contributed by atoms with Crippen LogP contribution < -0.4 is 16.0 Å². The van der Waals surface area contributed by atoms with Crippen molar-refractivity contribution >= 4 is 11.6 Å². The quantitative estimate of drug-likeness (QED) is 0.716. The van der Waals surface area contributed by atoms with E-state index in [1.54, 1.807) is 12.1 Å². The van der Waals surface area contributed by atoms with E-state index in [1.807, 2.05) is 19.1 Å². The Bertz CT molecular complexity index is 1080. The van der Waals surface area contributed by atoms with E-state index in [4.69, 9.17) is 4.74 Å². The van der Waals surface area contributed by atoms with Crippen LogP contribution in [0.4, 0.5) is 0 Å². The largest absolute Gasteiger partial charge is 0.494 e. The molecular formula is C20H22N4O5. The average Bonchev–Trinajstić information content (AvgIpc) is 3.11. The molecule has 0 fully saturated rings. The summed E-state index contributed by atoms with van der Waals surface area (Å²) in [4.78, 5) is 38.6. The monoisotopic (exact) mass is 398 g/mol. The normalized spacial score (nSPS) is 15.9. The van der Waals surface area contributed by atoms with Crippen molar-refractivity contribution in [1.29, 1.82) is 0 Å². The molecule has 9 nitrogen and oxygen atoms in total. The van der Waals surface area contributed by atoms with Gasteiger partial charge in [0.1, 0.15) is 11.3 Å². The third-order valence-corrected chi connectivity index (χ3v) is 4.58. The molecule has 29 heavy (non-hydrogen) atoms. The molecule has 1 aromatic carbocycles. The molecule has 152 valence electrons. The highest BCUT2D eigenvalue weighted by molar-refractivity contribution is 6.04. The van der Waals surface area contributed by atoms with Crippen molar-refractivity contribution < 1.29 is 14.6 Å². The number of hydrogen-bond acceptors (Lipinski definition) is 6. The van der Waals surface area contributed by atoms with E-state index in [2.05, 4.69) is 16.7 Å². The summed E-state index contributed by atoms with van der Waals surface area (Å²) in [6, 6.07) is 6.80. The van der Waals surface area contributed by atoms with E-state index in [9.17, 15) is 19.5 Å². The van der Waals surface area contributed by atoms with E-state index in [-0.39, 0.29) is 30.1 Å². The van der Waals surface area contributed by atoms with Gasteiger partial charge in [-0.1, -0.05) is 18.2 Å². The Labute approximate surface area is 166 Å². The zero-order chi connectivity index (χ0) is 21.1. The number of aromatic nitrogens is 2. The molecule has 2 heterocycles. The second-order valence-electron chi connectivity index (χ2n) is 6.49. The van der Waals surface area contributed by atoms with Gasteiger partial charge in [0.2, 0.25) is 11.8 Å². The summed E-state index contributed by atoms with van der Waals surface area (Å²) < 4.78 is 6.42. The second-order valence-corrected chi connectivity index (χ2v) is 6.49. The molecule has 1 aliphatic heterocycles. The summed E-state index contributed by atoms with van der Waals surface area (Å²) in [5, 5.41) is 16.1. The predicted molar refractivity (Wildman–Crippen MR) is 107 cm³/mol. The molecule has 0 saturated heterocycles. The van der Waals surface area contributed by atoms with Crippen molar-refractivity contribution in [1.82, 2.24) is 14.6 Å². The van der Waals surface area contributed by atoms with Crippen LogP contribution in [0, 0.1) is 0 Å². The predicted octanol–water partition coefficient (Wildman–Crippen LogP) is 1.52. The lowest BCUT2D eigenvalue weighted by Crippen LogP contribution is -2.33. The Balaban J connectivity index is 2.02. The maximum absolute atomic E-state index is 12.4. The zero-order valence-corrected chi connectivity index (χ0v) is 16.2. The van der Waals surface area contributed by atoms with Gasteiger partial charge in [-0.2, -0.15) is 5.10 Å². The van der Waals surface area contributed by atoms with Crippen molar-refractivity contribution in [2.24, 2.45) is 5.10 Å². The number of hydrogen-bond donors (Lipinski definition) is 2. The molecule has 1 amide bonds. The molecule has 1 aliphatic rings. The first-order valence-electron chi connectivity index (χ1n) is 9.14. The lowest BCUT2D eigenvalue weighted by molar-refractivity contribution is -0.130.